The molecule has 0 radical (unpaired) electrons. The van der Waals surface area contributed by atoms with Gasteiger partial charge in [0.25, 0.3) is 5.91 Å². The molecule has 172 valence electrons. The van der Waals surface area contributed by atoms with Gasteiger partial charge in [-0.2, -0.15) is 0 Å². The summed E-state index contributed by atoms with van der Waals surface area (Å²) in [5, 5.41) is 13.8. The second kappa shape index (κ2) is 10.4. The van der Waals surface area contributed by atoms with Crippen LogP contribution in [0.5, 0.6) is 11.5 Å². The van der Waals surface area contributed by atoms with Crippen LogP contribution in [0.3, 0.4) is 0 Å². The molecule has 1 aromatic heterocycles. The SMILES string of the molecule is C[C@@H](NC(=O)COCc1nnc(C(=O)Nc2ccc(F)cc2)s1)c1ccc2c(c1)OCCO2. The van der Waals surface area contributed by atoms with Gasteiger partial charge in [-0.05, 0) is 48.9 Å². The van der Waals surface area contributed by atoms with Gasteiger partial charge >= 0.3 is 0 Å². The lowest BCUT2D eigenvalue weighted by Gasteiger charge is -2.21. The summed E-state index contributed by atoms with van der Waals surface area (Å²) in [6.07, 6.45) is 0. The Bertz CT molecular complexity index is 1140. The number of anilines is 1. The van der Waals surface area contributed by atoms with Gasteiger partial charge in [0.1, 0.15) is 37.3 Å². The van der Waals surface area contributed by atoms with Gasteiger partial charge in [0, 0.05) is 5.69 Å². The highest BCUT2D eigenvalue weighted by molar-refractivity contribution is 7.13. The van der Waals surface area contributed by atoms with Crippen LogP contribution in [0.25, 0.3) is 0 Å². The standard InChI is InChI=1S/C22H21FN4O5S/c1-13(14-2-7-17-18(10-14)32-9-8-31-17)24-19(28)11-30-12-20-26-27-22(33-20)21(29)25-16-5-3-15(23)4-6-16/h2-7,10,13H,8-9,11-12H2,1H3,(H,24,28)(H,25,29)/t13-/m1/s1. The van der Waals surface area contributed by atoms with Crippen LogP contribution < -0.4 is 20.1 Å². The molecule has 33 heavy (non-hydrogen) atoms. The highest BCUT2D eigenvalue weighted by Crippen LogP contribution is 2.32. The van der Waals surface area contributed by atoms with Crippen LogP contribution in [0.2, 0.25) is 0 Å². The van der Waals surface area contributed by atoms with Crippen molar-refractivity contribution >= 4 is 28.8 Å². The van der Waals surface area contributed by atoms with E-state index in [1.54, 1.807) is 0 Å². The lowest BCUT2D eigenvalue weighted by atomic mass is 10.1. The van der Waals surface area contributed by atoms with E-state index in [0.29, 0.717) is 35.4 Å². The van der Waals surface area contributed by atoms with Crippen molar-refractivity contribution in [1.29, 1.82) is 0 Å². The lowest BCUT2D eigenvalue weighted by Crippen LogP contribution is -2.30. The van der Waals surface area contributed by atoms with Crippen molar-refractivity contribution in [1.82, 2.24) is 15.5 Å². The van der Waals surface area contributed by atoms with E-state index in [0.717, 1.165) is 16.9 Å². The second-order valence-corrected chi connectivity index (χ2v) is 8.21. The molecule has 4 rings (SSSR count). The predicted octanol–water partition coefficient (Wildman–Crippen LogP) is 3.09. The van der Waals surface area contributed by atoms with Crippen LogP contribution in [0.15, 0.2) is 42.5 Å². The molecule has 0 saturated carbocycles. The molecule has 11 heteroatoms. The summed E-state index contributed by atoms with van der Waals surface area (Å²) in [5.74, 6) is 0.196. The summed E-state index contributed by atoms with van der Waals surface area (Å²) >= 11 is 1.05. The Hall–Kier alpha value is -3.57. The van der Waals surface area contributed by atoms with E-state index in [-0.39, 0.29) is 30.2 Å². The normalized spacial score (nSPS) is 13.3. The number of benzene rings is 2. The molecule has 0 bridgehead atoms. The fourth-order valence-electron chi connectivity index (χ4n) is 3.05. The number of ether oxygens (including phenoxy) is 3. The maximum atomic E-state index is 13.0. The maximum Gasteiger partial charge on any atom is 0.286 e. The Balaban J connectivity index is 1.22. The van der Waals surface area contributed by atoms with Crippen LogP contribution >= 0.6 is 11.3 Å². The summed E-state index contributed by atoms with van der Waals surface area (Å²) in [4.78, 5) is 24.5. The largest absolute Gasteiger partial charge is 0.486 e. The molecule has 2 amide bonds. The molecule has 0 fully saturated rings. The average molecular weight is 472 g/mol. The molecule has 2 aromatic carbocycles. The van der Waals surface area contributed by atoms with Crippen LogP contribution in [-0.4, -0.2) is 41.8 Å². The van der Waals surface area contributed by atoms with E-state index < -0.39 is 11.7 Å². The number of fused-ring (bicyclic) bond motifs is 1. The van der Waals surface area contributed by atoms with Gasteiger partial charge in [-0.3, -0.25) is 9.59 Å². The molecule has 9 nitrogen and oxygen atoms in total. The highest BCUT2D eigenvalue weighted by Gasteiger charge is 2.17. The van der Waals surface area contributed by atoms with Gasteiger partial charge in [0.05, 0.1) is 6.04 Å². The second-order valence-electron chi connectivity index (χ2n) is 7.15. The van der Waals surface area contributed by atoms with E-state index in [4.69, 9.17) is 14.2 Å². The molecule has 0 spiro atoms. The fraction of sp³-hybridized carbons (Fsp3) is 0.273. The lowest BCUT2D eigenvalue weighted by molar-refractivity contribution is -0.126. The minimum absolute atomic E-state index is 0.0350. The van der Waals surface area contributed by atoms with Crippen LogP contribution in [0.1, 0.15) is 33.3 Å². The van der Waals surface area contributed by atoms with Crippen molar-refractivity contribution in [3.63, 3.8) is 0 Å². The molecular weight excluding hydrogens is 451 g/mol. The van der Waals surface area contributed by atoms with Crippen LogP contribution in [0.4, 0.5) is 10.1 Å². The Morgan fingerprint density at radius 3 is 2.67 bits per heavy atom. The number of aromatic nitrogens is 2. The van der Waals surface area contributed by atoms with Crippen LogP contribution in [0, 0.1) is 5.82 Å². The molecule has 0 aliphatic carbocycles. The summed E-state index contributed by atoms with van der Waals surface area (Å²) < 4.78 is 29.4. The number of carbonyl (C=O) groups excluding carboxylic acids is 2. The van der Waals surface area contributed by atoms with Crippen molar-refractivity contribution in [2.75, 3.05) is 25.1 Å². The van der Waals surface area contributed by atoms with Gasteiger partial charge in [0.2, 0.25) is 10.9 Å². The van der Waals surface area contributed by atoms with Crippen molar-refractivity contribution in [3.8, 4) is 11.5 Å². The van der Waals surface area contributed by atoms with E-state index in [1.165, 1.54) is 24.3 Å². The van der Waals surface area contributed by atoms with Crippen molar-refractivity contribution in [2.24, 2.45) is 0 Å². The number of carbonyl (C=O) groups is 2. The third-order valence-corrected chi connectivity index (χ3v) is 5.56. The zero-order valence-electron chi connectivity index (χ0n) is 17.7. The van der Waals surface area contributed by atoms with E-state index in [9.17, 15) is 14.0 Å². The Morgan fingerprint density at radius 1 is 1.12 bits per heavy atom. The molecule has 3 aromatic rings. The van der Waals surface area contributed by atoms with E-state index in [2.05, 4.69) is 20.8 Å². The summed E-state index contributed by atoms with van der Waals surface area (Å²) in [5.41, 5.74) is 1.33. The first-order valence-electron chi connectivity index (χ1n) is 10.1. The predicted molar refractivity (Wildman–Crippen MR) is 118 cm³/mol. The van der Waals surface area contributed by atoms with Crippen molar-refractivity contribution in [3.05, 3.63) is 63.9 Å². The van der Waals surface area contributed by atoms with Crippen LogP contribution in [-0.2, 0) is 16.1 Å². The van der Waals surface area contributed by atoms with Gasteiger partial charge in [-0.25, -0.2) is 4.39 Å². The molecule has 2 heterocycles. The molecule has 0 saturated heterocycles. The number of amides is 2. The first-order chi connectivity index (χ1) is 16.0. The third kappa shape index (κ3) is 6.02. The molecule has 2 N–H and O–H groups in total. The Kier molecular flexibility index (Phi) is 7.10. The number of halogens is 1. The first kappa shape index (κ1) is 22.6. The quantitative estimate of drug-likeness (QED) is 0.518. The minimum Gasteiger partial charge on any atom is -0.486 e. The topological polar surface area (TPSA) is 112 Å². The molecule has 1 aliphatic rings. The summed E-state index contributed by atoms with van der Waals surface area (Å²) in [6.45, 7) is 2.73. The Morgan fingerprint density at radius 2 is 1.88 bits per heavy atom. The molecule has 1 aliphatic heterocycles. The zero-order valence-corrected chi connectivity index (χ0v) is 18.5. The van der Waals surface area contributed by atoms with E-state index >= 15 is 0 Å². The third-order valence-electron chi connectivity index (χ3n) is 4.67. The number of hydrogen-bond acceptors (Lipinski definition) is 8. The Labute approximate surface area is 192 Å². The number of nitrogens with zero attached hydrogens (tertiary/aromatic N) is 2. The summed E-state index contributed by atoms with van der Waals surface area (Å²) in [6, 6.07) is 10.7. The van der Waals surface area contributed by atoms with Gasteiger partial charge in [-0.15, -0.1) is 10.2 Å². The number of hydrogen-bond donors (Lipinski definition) is 2. The smallest absolute Gasteiger partial charge is 0.286 e. The van der Waals surface area contributed by atoms with Crippen molar-refractivity contribution < 1.29 is 28.2 Å². The van der Waals surface area contributed by atoms with Gasteiger partial charge in [-0.1, -0.05) is 17.4 Å². The molecule has 0 unspecified atom stereocenters. The fourth-order valence-corrected chi connectivity index (χ4v) is 3.72. The maximum absolute atomic E-state index is 13.0. The highest BCUT2D eigenvalue weighted by atomic mass is 32.1. The molecular formula is C22H21FN4O5S. The average Bonchev–Trinajstić information content (AvgIpc) is 3.29. The zero-order chi connectivity index (χ0) is 23.2. The summed E-state index contributed by atoms with van der Waals surface area (Å²) in [7, 11) is 0. The van der Waals surface area contributed by atoms with Crippen molar-refractivity contribution in [2.45, 2.75) is 19.6 Å². The first-order valence-corrected chi connectivity index (χ1v) is 11.0. The monoisotopic (exact) mass is 472 g/mol. The molecule has 1 atom stereocenters. The number of rotatable bonds is 8. The van der Waals surface area contributed by atoms with Gasteiger partial charge < -0.3 is 24.8 Å². The van der Waals surface area contributed by atoms with Gasteiger partial charge in [0.15, 0.2) is 11.5 Å². The van der Waals surface area contributed by atoms with E-state index in [1.807, 2.05) is 25.1 Å². The number of nitrogens with one attached hydrogen (secondary N) is 2. The minimum atomic E-state index is -0.462.